The van der Waals surface area contributed by atoms with Gasteiger partial charge in [-0.2, -0.15) is 0 Å². The van der Waals surface area contributed by atoms with Gasteiger partial charge in [0.1, 0.15) is 19.8 Å². The van der Waals surface area contributed by atoms with Crippen molar-refractivity contribution in [3.63, 3.8) is 0 Å². The molecule has 0 aliphatic heterocycles. The molecule has 39 heavy (non-hydrogen) atoms. The number of esters is 2. The van der Waals surface area contributed by atoms with Crippen LogP contribution in [-0.2, 0) is 70.6 Å². The van der Waals surface area contributed by atoms with Crippen molar-refractivity contribution in [2.75, 3.05) is 127 Å². The zero-order valence-electron chi connectivity index (χ0n) is 22.9. The Morgan fingerprint density at radius 2 is 1.03 bits per heavy atom. The number of phosphoric ester groups is 1. The summed E-state index contributed by atoms with van der Waals surface area (Å²) in [5.74, 6) is -1.56. The van der Waals surface area contributed by atoms with Crippen LogP contribution in [0, 0.1) is 0 Å². The Labute approximate surface area is 228 Å². The number of phosphoric acid groups is 1. The molecule has 0 amide bonds. The minimum atomic E-state index is -4.35. The summed E-state index contributed by atoms with van der Waals surface area (Å²) < 4.78 is 71.8. The molecule has 0 saturated heterocycles. The summed E-state index contributed by atoms with van der Waals surface area (Å²) in [6, 6.07) is 0. The number of rotatable bonds is 29. The number of hydrogen-bond donors (Lipinski definition) is 1. The number of methoxy groups -OCH3 is 2. The third-order valence-electron chi connectivity index (χ3n) is 4.17. The van der Waals surface area contributed by atoms with E-state index in [0.29, 0.717) is 52.9 Å². The van der Waals surface area contributed by atoms with Gasteiger partial charge in [-0.3, -0.25) is 9.05 Å². The highest BCUT2D eigenvalue weighted by atomic mass is 31.2. The Morgan fingerprint density at radius 1 is 0.615 bits per heavy atom. The molecule has 2 unspecified atom stereocenters. The Hall–Kier alpha value is -1.27. The van der Waals surface area contributed by atoms with Crippen LogP contribution in [0.25, 0.3) is 0 Å². The molecule has 0 rings (SSSR count). The van der Waals surface area contributed by atoms with E-state index in [1.165, 1.54) is 0 Å². The van der Waals surface area contributed by atoms with Crippen molar-refractivity contribution in [1.29, 1.82) is 0 Å². The van der Waals surface area contributed by atoms with Crippen molar-refractivity contribution in [3.8, 4) is 0 Å². The van der Waals surface area contributed by atoms with Crippen LogP contribution in [0.15, 0.2) is 0 Å². The average molecular weight is 595 g/mol. The topological polar surface area (TPSA) is 182 Å². The van der Waals surface area contributed by atoms with E-state index in [4.69, 9.17) is 51.9 Å². The van der Waals surface area contributed by atoms with Crippen LogP contribution < -0.4 is 0 Å². The van der Waals surface area contributed by atoms with Gasteiger partial charge in [-0.25, -0.2) is 14.2 Å². The molecule has 2 atom stereocenters. The summed E-state index contributed by atoms with van der Waals surface area (Å²) in [6.07, 6.45) is -1.21. The molecule has 0 heterocycles. The molecule has 17 heteroatoms. The van der Waals surface area contributed by atoms with Crippen LogP contribution in [0.4, 0.5) is 0 Å². The average Bonchev–Trinajstić information content (AvgIpc) is 2.92. The predicted molar refractivity (Wildman–Crippen MR) is 132 cm³/mol. The van der Waals surface area contributed by atoms with Crippen molar-refractivity contribution < 1.29 is 75.5 Å². The summed E-state index contributed by atoms with van der Waals surface area (Å²) in [4.78, 5) is 33.4. The standard InChI is InChI=1S/C22H43O16P/c1-27-4-6-30-8-10-32-12-14-34-18-21(23)36-16-20(17-37-39(25,26)29-3)38-22(24)19-35-15-13-33-11-9-31-7-5-28-2/h20H,4-19H2,1-3H3,(H,25,26). The molecule has 0 aliphatic rings. The van der Waals surface area contributed by atoms with Gasteiger partial charge in [-0.15, -0.1) is 0 Å². The molecule has 0 saturated carbocycles. The molecule has 0 aromatic carbocycles. The first-order valence-corrected chi connectivity index (χ1v) is 13.7. The molecule has 0 aliphatic carbocycles. The molecule has 0 fully saturated rings. The lowest BCUT2D eigenvalue weighted by Gasteiger charge is -2.19. The number of hydrogen-bond acceptors (Lipinski definition) is 15. The van der Waals surface area contributed by atoms with Crippen LogP contribution in [0.1, 0.15) is 0 Å². The third-order valence-corrected chi connectivity index (χ3v) is 5.11. The number of carbonyl (C=O) groups excluding carboxylic acids is 2. The fraction of sp³-hybridized carbons (Fsp3) is 0.909. The van der Waals surface area contributed by atoms with Crippen LogP contribution in [-0.4, -0.2) is 150 Å². The lowest BCUT2D eigenvalue weighted by molar-refractivity contribution is -0.167. The zero-order chi connectivity index (χ0) is 29.0. The maximum atomic E-state index is 12.1. The third kappa shape index (κ3) is 26.7. The van der Waals surface area contributed by atoms with Gasteiger partial charge >= 0.3 is 19.8 Å². The first kappa shape index (κ1) is 37.7. The highest BCUT2D eigenvalue weighted by molar-refractivity contribution is 7.47. The normalized spacial score (nSPS) is 13.6. The second kappa shape index (κ2) is 26.9. The monoisotopic (exact) mass is 594 g/mol. The summed E-state index contributed by atoms with van der Waals surface area (Å²) in [6.45, 7) is 2.31. The van der Waals surface area contributed by atoms with Crippen LogP contribution >= 0.6 is 7.82 Å². The van der Waals surface area contributed by atoms with E-state index >= 15 is 0 Å². The first-order chi connectivity index (χ1) is 18.8. The highest BCUT2D eigenvalue weighted by Crippen LogP contribution is 2.42. The van der Waals surface area contributed by atoms with E-state index in [9.17, 15) is 19.0 Å². The van der Waals surface area contributed by atoms with Crippen molar-refractivity contribution in [3.05, 3.63) is 0 Å². The van der Waals surface area contributed by atoms with Gasteiger partial charge in [0.25, 0.3) is 0 Å². The van der Waals surface area contributed by atoms with Crippen LogP contribution in [0.2, 0.25) is 0 Å². The molecular weight excluding hydrogens is 551 g/mol. The summed E-state index contributed by atoms with van der Waals surface area (Å²) in [7, 11) is -0.225. The summed E-state index contributed by atoms with van der Waals surface area (Å²) >= 11 is 0. The van der Waals surface area contributed by atoms with E-state index in [2.05, 4.69) is 4.52 Å². The van der Waals surface area contributed by atoms with Gasteiger partial charge in [0.2, 0.25) is 0 Å². The Bertz CT molecular complexity index is 637. The molecule has 0 aromatic rings. The molecule has 0 bridgehead atoms. The fourth-order valence-corrected chi connectivity index (χ4v) is 2.73. The van der Waals surface area contributed by atoms with Crippen molar-refractivity contribution >= 4 is 19.8 Å². The molecular formula is C22H43O16P. The van der Waals surface area contributed by atoms with E-state index < -0.39 is 45.7 Å². The second-order valence-electron chi connectivity index (χ2n) is 7.28. The molecule has 0 spiro atoms. The van der Waals surface area contributed by atoms with E-state index in [-0.39, 0.29) is 33.0 Å². The molecule has 1 N–H and O–H groups in total. The van der Waals surface area contributed by atoms with E-state index in [1.54, 1.807) is 14.2 Å². The maximum Gasteiger partial charge on any atom is 0.472 e. The quantitative estimate of drug-likeness (QED) is 0.0670. The predicted octanol–water partition coefficient (Wildman–Crippen LogP) is -0.403. The van der Waals surface area contributed by atoms with Gasteiger partial charge in [0.15, 0.2) is 6.10 Å². The number of ether oxygens (including phenoxy) is 10. The largest absolute Gasteiger partial charge is 0.472 e. The Balaban J connectivity index is 4.14. The minimum Gasteiger partial charge on any atom is -0.460 e. The van der Waals surface area contributed by atoms with Gasteiger partial charge in [-0.1, -0.05) is 0 Å². The van der Waals surface area contributed by atoms with E-state index in [0.717, 1.165) is 7.11 Å². The van der Waals surface area contributed by atoms with Crippen molar-refractivity contribution in [1.82, 2.24) is 0 Å². The first-order valence-electron chi connectivity index (χ1n) is 12.2. The lowest BCUT2D eigenvalue weighted by Crippen LogP contribution is -2.32. The lowest BCUT2D eigenvalue weighted by atomic mass is 10.4. The SMILES string of the molecule is COCCOCCOCCOCC(=O)OCC(COP(=O)(O)OC)OC(=O)COCCOCCOCCOC. The van der Waals surface area contributed by atoms with Crippen LogP contribution in [0.5, 0.6) is 0 Å². The molecule has 232 valence electrons. The summed E-state index contributed by atoms with van der Waals surface area (Å²) in [5.41, 5.74) is 0. The second-order valence-corrected chi connectivity index (χ2v) is 8.84. The fourth-order valence-electron chi connectivity index (χ4n) is 2.27. The smallest absolute Gasteiger partial charge is 0.460 e. The van der Waals surface area contributed by atoms with Crippen LogP contribution in [0.3, 0.4) is 0 Å². The highest BCUT2D eigenvalue weighted by Gasteiger charge is 2.25. The number of carbonyl (C=O) groups is 2. The van der Waals surface area contributed by atoms with Gasteiger partial charge < -0.3 is 52.3 Å². The minimum absolute atomic E-state index is 0.112. The van der Waals surface area contributed by atoms with Gasteiger partial charge in [0.05, 0.1) is 85.9 Å². The Kier molecular flexibility index (Phi) is 26.1. The summed E-state index contributed by atoms with van der Waals surface area (Å²) in [5, 5.41) is 0. The van der Waals surface area contributed by atoms with Gasteiger partial charge in [-0.05, 0) is 0 Å². The zero-order valence-corrected chi connectivity index (χ0v) is 23.8. The molecule has 16 nitrogen and oxygen atoms in total. The van der Waals surface area contributed by atoms with E-state index in [1.807, 2.05) is 0 Å². The molecule has 0 radical (unpaired) electrons. The molecule has 0 aromatic heterocycles. The van der Waals surface area contributed by atoms with Crippen molar-refractivity contribution in [2.45, 2.75) is 6.10 Å². The maximum absolute atomic E-state index is 12.1. The van der Waals surface area contributed by atoms with Crippen molar-refractivity contribution in [2.24, 2.45) is 0 Å². The Morgan fingerprint density at radius 3 is 1.46 bits per heavy atom. The van der Waals surface area contributed by atoms with Gasteiger partial charge in [0, 0.05) is 21.3 Å².